The zero-order valence-corrected chi connectivity index (χ0v) is 17.2. The minimum absolute atomic E-state index is 0.0423. The first kappa shape index (κ1) is 21.3. The van der Waals surface area contributed by atoms with Gasteiger partial charge in [0, 0.05) is 31.7 Å². The Hall–Kier alpha value is -2.41. The van der Waals surface area contributed by atoms with Crippen LogP contribution < -0.4 is 11.1 Å². The van der Waals surface area contributed by atoms with Crippen LogP contribution in [0.15, 0.2) is 24.3 Å². The molecule has 2 fully saturated rings. The molecule has 0 radical (unpaired) electrons. The minimum Gasteiger partial charge on any atom is -0.368 e. The Morgan fingerprint density at radius 3 is 2.66 bits per heavy atom. The van der Waals surface area contributed by atoms with Crippen LogP contribution >= 0.6 is 0 Å². The lowest BCUT2D eigenvalue weighted by atomic mass is 9.96. The fraction of sp³-hybridized carbons (Fsp3) is 0.591. The summed E-state index contributed by atoms with van der Waals surface area (Å²) in [5.41, 5.74) is 7.28. The molecule has 2 aliphatic heterocycles. The maximum atomic E-state index is 12.9. The molecule has 2 aliphatic rings. The SMILES string of the molecule is CCCC(=O)N1CCCC(C(=O)Nc2ccccc2CN2CCCC2C(N)=O)C1. The van der Waals surface area contributed by atoms with Crippen molar-refractivity contribution in [2.24, 2.45) is 11.7 Å². The molecule has 3 N–H and O–H groups in total. The van der Waals surface area contributed by atoms with Gasteiger partial charge < -0.3 is 16.0 Å². The summed E-state index contributed by atoms with van der Waals surface area (Å²) in [7, 11) is 0. The first-order valence-corrected chi connectivity index (χ1v) is 10.7. The maximum absolute atomic E-state index is 12.9. The van der Waals surface area contributed by atoms with E-state index >= 15 is 0 Å². The minimum atomic E-state index is -0.289. The summed E-state index contributed by atoms with van der Waals surface area (Å²) in [5.74, 6) is -0.387. The molecule has 1 aromatic carbocycles. The van der Waals surface area contributed by atoms with Crippen molar-refractivity contribution < 1.29 is 14.4 Å². The molecule has 29 heavy (non-hydrogen) atoms. The third-order valence-electron chi connectivity index (χ3n) is 5.95. The van der Waals surface area contributed by atoms with Crippen LogP contribution in [0.25, 0.3) is 0 Å². The average molecular weight is 401 g/mol. The highest BCUT2D eigenvalue weighted by atomic mass is 16.2. The Labute approximate surface area is 172 Å². The Bertz CT molecular complexity index is 751. The highest BCUT2D eigenvalue weighted by Crippen LogP contribution is 2.25. The van der Waals surface area contributed by atoms with Crippen molar-refractivity contribution in [1.82, 2.24) is 9.80 Å². The van der Waals surface area contributed by atoms with Gasteiger partial charge in [0.15, 0.2) is 0 Å². The molecular formula is C22H32N4O3. The van der Waals surface area contributed by atoms with Crippen molar-refractivity contribution in [3.05, 3.63) is 29.8 Å². The molecule has 7 nitrogen and oxygen atoms in total. The zero-order chi connectivity index (χ0) is 20.8. The van der Waals surface area contributed by atoms with Crippen LogP contribution in [-0.4, -0.2) is 53.2 Å². The number of benzene rings is 1. The van der Waals surface area contributed by atoms with Crippen molar-refractivity contribution in [1.29, 1.82) is 0 Å². The van der Waals surface area contributed by atoms with Gasteiger partial charge in [0.05, 0.1) is 12.0 Å². The largest absolute Gasteiger partial charge is 0.368 e. The number of para-hydroxylation sites is 1. The third-order valence-corrected chi connectivity index (χ3v) is 5.95. The van der Waals surface area contributed by atoms with Crippen molar-refractivity contribution in [3.8, 4) is 0 Å². The molecular weight excluding hydrogens is 368 g/mol. The molecule has 0 aromatic heterocycles. The molecule has 0 aliphatic carbocycles. The van der Waals surface area contributed by atoms with Crippen molar-refractivity contribution >= 4 is 23.4 Å². The molecule has 3 rings (SSSR count). The van der Waals surface area contributed by atoms with Gasteiger partial charge in [-0.1, -0.05) is 25.1 Å². The van der Waals surface area contributed by atoms with Crippen molar-refractivity contribution in [2.75, 3.05) is 25.0 Å². The average Bonchev–Trinajstić information content (AvgIpc) is 3.18. The molecule has 158 valence electrons. The van der Waals surface area contributed by atoms with E-state index < -0.39 is 0 Å². The lowest BCUT2D eigenvalue weighted by Crippen LogP contribution is -2.43. The summed E-state index contributed by atoms with van der Waals surface area (Å²) in [5, 5.41) is 3.07. The maximum Gasteiger partial charge on any atom is 0.234 e. The molecule has 0 bridgehead atoms. The number of primary amides is 1. The van der Waals surface area contributed by atoms with Crippen molar-refractivity contribution in [3.63, 3.8) is 0 Å². The highest BCUT2D eigenvalue weighted by Gasteiger charge is 2.30. The summed E-state index contributed by atoms with van der Waals surface area (Å²) >= 11 is 0. The van der Waals surface area contributed by atoms with Gasteiger partial charge >= 0.3 is 0 Å². The number of hydrogen-bond donors (Lipinski definition) is 2. The van der Waals surface area contributed by atoms with E-state index in [1.165, 1.54) is 0 Å². The molecule has 0 saturated carbocycles. The first-order valence-electron chi connectivity index (χ1n) is 10.7. The van der Waals surface area contributed by atoms with E-state index in [1.807, 2.05) is 36.1 Å². The summed E-state index contributed by atoms with van der Waals surface area (Å²) < 4.78 is 0. The first-order chi connectivity index (χ1) is 14.0. The van der Waals surface area contributed by atoms with Gasteiger partial charge in [0.25, 0.3) is 0 Å². The number of piperidine rings is 1. The van der Waals surface area contributed by atoms with Crippen LogP contribution in [0.4, 0.5) is 5.69 Å². The Kier molecular flexibility index (Phi) is 7.25. The van der Waals surface area contributed by atoms with Crippen LogP contribution in [0, 0.1) is 5.92 Å². The van der Waals surface area contributed by atoms with Crippen molar-refractivity contribution in [2.45, 2.75) is 58.0 Å². The number of likely N-dealkylation sites (tertiary alicyclic amines) is 2. The second kappa shape index (κ2) is 9.87. The van der Waals surface area contributed by atoms with Gasteiger partial charge in [-0.3, -0.25) is 19.3 Å². The summed E-state index contributed by atoms with van der Waals surface area (Å²) in [6.45, 7) is 4.63. The molecule has 2 heterocycles. The van der Waals surface area contributed by atoms with E-state index in [0.717, 1.165) is 56.4 Å². The van der Waals surface area contributed by atoms with Gasteiger partial charge in [-0.2, -0.15) is 0 Å². The standard InChI is InChI=1S/C22H32N4O3/c1-2-7-20(27)26-13-5-9-17(15-26)22(29)24-18-10-4-3-8-16(18)14-25-12-6-11-19(25)21(23)28/h3-4,8,10,17,19H,2,5-7,9,11-15H2,1H3,(H2,23,28)(H,24,29). The fourth-order valence-corrected chi connectivity index (χ4v) is 4.36. The lowest BCUT2D eigenvalue weighted by molar-refractivity contribution is -0.134. The number of anilines is 1. The van der Waals surface area contributed by atoms with Crippen LogP contribution in [0.5, 0.6) is 0 Å². The number of nitrogens with zero attached hydrogens (tertiary/aromatic N) is 2. The van der Waals surface area contributed by atoms with Gasteiger partial charge in [-0.05, 0) is 50.3 Å². The van der Waals surface area contributed by atoms with E-state index in [9.17, 15) is 14.4 Å². The number of nitrogens with one attached hydrogen (secondary N) is 1. The number of rotatable bonds is 7. The van der Waals surface area contributed by atoms with E-state index in [0.29, 0.717) is 19.5 Å². The number of hydrogen-bond acceptors (Lipinski definition) is 4. The highest BCUT2D eigenvalue weighted by molar-refractivity contribution is 5.94. The topological polar surface area (TPSA) is 95.7 Å². The summed E-state index contributed by atoms with van der Waals surface area (Å²) in [4.78, 5) is 40.7. The molecule has 3 amide bonds. The Balaban J connectivity index is 1.65. The monoisotopic (exact) mass is 400 g/mol. The quantitative estimate of drug-likeness (QED) is 0.733. The van der Waals surface area contributed by atoms with Gasteiger partial charge in [0.2, 0.25) is 17.7 Å². The normalized spacial score (nSPS) is 22.4. The second-order valence-electron chi connectivity index (χ2n) is 8.11. The van der Waals surface area contributed by atoms with Crippen LogP contribution in [0.2, 0.25) is 0 Å². The fourth-order valence-electron chi connectivity index (χ4n) is 4.36. The smallest absolute Gasteiger partial charge is 0.234 e. The summed E-state index contributed by atoms with van der Waals surface area (Å²) in [6, 6.07) is 7.46. The molecule has 2 unspecified atom stereocenters. The van der Waals surface area contributed by atoms with E-state index in [4.69, 9.17) is 5.73 Å². The van der Waals surface area contributed by atoms with Gasteiger partial charge in [-0.25, -0.2) is 0 Å². The predicted octanol–water partition coefficient (Wildman–Crippen LogP) is 2.11. The van der Waals surface area contributed by atoms with Crippen LogP contribution in [-0.2, 0) is 20.9 Å². The lowest BCUT2D eigenvalue weighted by Gasteiger charge is -2.32. The number of carbonyl (C=O) groups is 3. The molecule has 0 spiro atoms. The number of amides is 3. The molecule has 2 atom stereocenters. The molecule has 2 saturated heterocycles. The van der Waals surface area contributed by atoms with Crippen LogP contribution in [0.1, 0.15) is 51.0 Å². The van der Waals surface area contributed by atoms with E-state index in [1.54, 1.807) is 0 Å². The third kappa shape index (κ3) is 5.35. The second-order valence-corrected chi connectivity index (χ2v) is 8.11. The number of carbonyl (C=O) groups excluding carboxylic acids is 3. The molecule has 7 heteroatoms. The van der Waals surface area contributed by atoms with E-state index in [2.05, 4.69) is 10.2 Å². The summed E-state index contributed by atoms with van der Waals surface area (Å²) in [6.07, 6.45) is 4.73. The zero-order valence-electron chi connectivity index (χ0n) is 17.2. The van der Waals surface area contributed by atoms with Crippen LogP contribution in [0.3, 0.4) is 0 Å². The van der Waals surface area contributed by atoms with Gasteiger partial charge in [0.1, 0.15) is 0 Å². The molecule has 1 aromatic rings. The van der Waals surface area contributed by atoms with E-state index in [-0.39, 0.29) is 29.7 Å². The van der Waals surface area contributed by atoms with Gasteiger partial charge in [-0.15, -0.1) is 0 Å². The Morgan fingerprint density at radius 2 is 1.90 bits per heavy atom. The Morgan fingerprint density at radius 1 is 1.14 bits per heavy atom. The predicted molar refractivity (Wildman–Crippen MR) is 112 cm³/mol. The number of nitrogens with two attached hydrogens (primary N) is 1.